The van der Waals surface area contributed by atoms with E-state index in [1.165, 1.54) is 22.9 Å². The summed E-state index contributed by atoms with van der Waals surface area (Å²) in [5.74, 6) is 0.543. The Bertz CT molecular complexity index is 1190. The van der Waals surface area contributed by atoms with Crippen LogP contribution in [-0.4, -0.2) is 27.3 Å². The van der Waals surface area contributed by atoms with Crippen molar-refractivity contribution in [3.8, 4) is 5.75 Å². The number of nitrogens with zero attached hydrogens (tertiary/aromatic N) is 3. The number of aromatic hydroxyl groups is 1. The van der Waals surface area contributed by atoms with E-state index in [1.54, 1.807) is 66.9 Å². The van der Waals surface area contributed by atoms with E-state index in [0.717, 1.165) is 5.56 Å². The molecule has 1 fully saturated rings. The summed E-state index contributed by atoms with van der Waals surface area (Å²) in [5.41, 5.74) is 1.40. The third kappa shape index (κ3) is 5.02. The second-order valence-corrected chi connectivity index (χ2v) is 8.24. The van der Waals surface area contributed by atoms with Crippen LogP contribution in [0.2, 0.25) is 10.0 Å². The fraction of sp³-hybridized carbons (Fsp3) is 0.0455. The van der Waals surface area contributed by atoms with E-state index in [2.05, 4.69) is 10.2 Å². The molecule has 0 atom stereocenters. The lowest BCUT2D eigenvalue weighted by Gasteiger charge is -2.12. The van der Waals surface area contributed by atoms with E-state index >= 15 is 0 Å². The van der Waals surface area contributed by atoms with E-state index < -0.39 is 0 Å². The number of thioether (sulfide) groups is 1. The van der Waals surface area contributed by atoms with Gasteiger partial charge in [-0.25, -0.2) is 0 Å². The highest BCUT2D eigenvalue weighted by Crippen LogP contribution is 2.36. The molecule has 9 heteroatoms. The second-order valence-electron chi connectivity index (χ2n) is 6.44. The Labute approximate surface area is 192 Å². The molecule has 2 aromatic carbocycles. The Morgan fingerprint density at radius 1 is 1.10 bits per heavy atom. The SMILES string of the molecule is O=C1/C(=C/c2cccc(Cl)c2Cl)S/C(=N\N=C\c2ccc(O)cc2)N1Cc1ccco1. The molecule has 1 amide bonds. The van der Waals surface area contributed by atoms with Gasteiger partial charge in [-0.15, -0.1) is 5.10 Å². The number of phenols is 1. The molecule has 1 aromatic heterocycles. The molecule has 1 aliphatic heterocycles. The first kappa shape index (κ1) is 21.2. The number of carbonyl (C=O) groups is 1. The molecule has 2 heterocycles. The molecule has 156 valence electrons. The summed E-state index contributed by atoms with van der Waals surface area (Å²) in [7, 11) is 0. The predicted molar refractivity (Wildman–Crippen MR) is 124 cm³/mol. The molecule has 0 saturated carbocycles. The molecule has 0 spiro atoms. The van der Waals surface area contributed by atoms with Crippen LogP contribution in [0.25, 0.3) is 6.08 Å². The zero-order valence-electron chi connectivity index (χ0n) is 15.9. The minimum atomic E-state index is -0.240. The number of hydrogen-bond acceptors (Lipinski definition) is 6. The maximum atomic E-state index is 13.1. The molecule has 31 heavy (non-hydrogen) atoms. The van der Waals surface area contributed by atoms with Gasteiger partial charge in [0.1, 0.15) is 11.5 Å². The van der Waals surface area contributed by atoms with Gasteiger partial charge in [-0.1, -0.05) is 35.3 Å². The lowest BCUT2D eigenvalue weighted by Crippen LogP contribution is -2.28. The number of halogens is 2. The van der Waals surface area contributed by atoms with Crippen molar-refractivity contribution in [2.45, 2.75) is 6.54 Å². The van der Waals surface area contributed by atoms with Crippen LogP contribution in [0.4, 0.5) is 0 Å². The highest BCUT2D eigenvalue weighted by Gasteiger charge is 2.34. The van der Waals surface area contributed by atoms with Gasteiger partial charge in [0.15, 0.2) is 5.17 Å². The minimum Gasteiger partial charge on any atom is -0.508 e. The van der Waals surface area contributed by atoms with Crippen LogP contribution in [0.3, 0.4) is 0 Å². The van der Waals surface area contributed by atoms with Crippen molar-refractivity contribution in [3.63, 3.8) is 0 Å². The lowest BCUT2D eigenvalue weighted by atomic mass is 10.2. The average Bonchev–Trinajstić information content (AvgIpc) is 3.37. The lowest BCUT2D eigenvalue weighted by molar-refractivity contribution is -0.122. The van der Waals surface area contributed by atoms with Crippen LogP contribution in [0.5, 0.6) is 5.75 Å². The number of hydrogen-bond donors (Lipinski definition) is 1. The number of furan rings is 1. The van der Waals surface area contributed by atoms with Crippen molar-refractivity contribution in [1.82, 2.24) is 4.90 Å². The number of rotatable bonds is 5. The summed E-state index contributed by atoms with van der Waals surface area (Å²) in [5, 5.41) is 18.9. The Hall–Kier alpha value is -3.00. The van der Waals surface area contributed by atoms with Gasteiger partial charge in [0.25, 0.3) is 5.91 Å². The number of phenolic OH excluding ortho intramolecular Hbond substituents is 1. The van der Waals surface area contributed by atoms with E-state index in [1.807, 2.05) is 0 Å². The highest BCUT2D eigenvalue weighted by molar-refractivity contribution is 8.18. The molecule has 1 saturated heterocycles. The summed E-state index contributed by atoms with van der Waals surface area (Å²) >= 11 is 13.5. The molecule has 4 rings (SSSR count). The van der Waals surface area contributed by atoms with Crippen LogP contribution < -0.4 is 0 Å². The molecule has 6 nitrogen and oxygen atoms in total. The molecule has 1 N–H and O–H groups in total. The number of benzene rings is 2. The van der Waals surface area contributed by atoms with Crippen LogP contribution in [0.15, 0.2) is 80.4 Å². The summed E-state index contributed by atoms with van der Waals surface area (Å²) in [6.07, 6.45) is 4.77. The topological polar surface area (TPSA) is 78.4 Å². The molecule has 0 unspecified atom stereocenters. The zero-order chi connectivity index (χ0) is 21.8. The normalized spacial score (nSPS) is 16.8. The van der Waals surface area contributed by atoms with Crippen LogP contribution >= 0.6 is 35.0 Å². The Balaban J connectivity index is 1.64. The number of amides is 1. The maximum Gasteiger partial charge on any atom is 0.267 e. The van der Waals surface area contributed by atoms with Gasteiger partial charge in [-0.2, -0.15) is 5.10 Å². The number of amidine groups is 1. The monoisotopic (exact) mass is 471 g/mol. The first-order valence-electron chi connectivity index (χ1n) is 9.09. The maximum absolute atomic E-state index is 13.1. The zero-order valence-corrected chi connectivity index (χ0v) is 18.2. The molecule has 0 radical (unpaired) electrons. The van der Waals surface area contributed by atoms with Crippen molar-refractivity contribution >= 4 is 58.3 Å². The Morgan fingerprint density at radius 3 is 2.65 bits per heavy atom. The van der Waals surface area contributed by atoms with Crippen LogP contribution in [-0.2, 0) is 11.3 Å². The summed E-state index contributed by atoms with van der Waals surface area (Å²) in [6.45, 7) is 0.215. The summed E-state index contributed by atoms with van der Waals surface area (Å²) < 4.78 is 5.39. The van der Waals surface area contributed by atoms with Gasteiger partial charge in [0, 0.05) is 0 Å². The van der Waals surface area contributed by atoms with Crippen molar-refractivity contribution < 1.29 is 14.3 Å². The van der Waals surface area contributed by atoms with Gasteiger partial charge < -0.3 is 9.52 Å². The van der Waals surface area contributed by atoms with E-state index in [0.29, 0.717) is 31.4 Å². The van der Waals surface area contributed by atoms with Gasteiger partial charge >= 0.3 is 0 Å². The molecule has 3 aromatic rings. The molecular weight excluding hydrogens is 457 g/mol. The number of carbonyl (C=O) groups excluding carboxylic acids is 1. The van der Waals surface area contributed by atoms with E-state index in [-0.39, 0.29) is 18.2 Å². The molecule has 0 aliphatic carbocycles. The predicted octanol–water partition coefficient (Wildman–Crippen LogP) is 5.80. The third-order valence-corrected chi connectivity index (χ3v) is 6.12. The summed E-state index contributed by atoms with van der Waals surface area (Å²) in [6, 6.07) is 15.3. The summed E-state index contributed by atoms with van der Waals surface area (Å²) in [4.78, 5) is 15.0. The van der Waals surface area contributed by atoms with Crippen molar-refractivity contribution in [2.75, 3.05) is 0 Å². The van der Waals surface area contributed by atoms with Crippen molar-refractivity contribution in [3.05, 3.63) is 92.7 Å². The van der Waals surface area contributed by atoms with E-state index in [4.69, 9.17) is 27.6 Å². The first-order chi connectivity index (χ1) is 15.0. The van der Waals surface area contributed by atoms with Gasteiger partial charge in [-0.3, -0.25) is 9.69 Å². The fourth-order valence-corrected chi connectivity index (χ4v) is 4.05. The van der Waals surface area contributed by atoms with Gasteiger partial charge in [0.2, 0.25) is 0 Å². The van der Waals surface area contributed by atoms with Gasteiger partial charge in [-0.05, 0) is 71.4 Å². The average molecular weight is 472 g/mol. The molecular formula is C22H15Cl2N3O3S. The third-order valence-electron chi connectivity index (χ3n) is 4.29. The quantitative estimate of drug-likeness (QED) is 0.289. The second kappa shape index (κ2) is 9.43. The van der Waals surface area contributed by atoms with Crippen molar-refractivity contribution in [1.29, 1.82) is 0 Å². The highest BCUT2D eigenvalue weighted by atomic mass is 35.5. The Kier molecular flexibility index (Phi) is 6.46. The molecule has 1 aliphatic rings. The standard InChI is InChI=1S/C22H15Cl2N3O3S/c23-18-5-1-3-15(20(18)24)11-19-21(29)27(13-17-4-2-10-30-17)22(31-19)26-25-12-14-6-8-16(28)9-7-14/h1-12,28H,13H2/b19-11-,25-12+,26-22-. The van der Waals surface area contributed by atoms with Crippen LogP contribution in [0, 0.1) is 0 Å². The first-order valence-corrected chi connectivity index (χ1v) is 10.7. The van der Waals surface area contributed by atoms with Crippen molar-refractivity contribution in [2.24, 2.45) is 10.2 Å². The smallest absolute Gasteiger partial charge is 0.267 e. The Morgan fingerprint density at radius 2 is 1.90 bits per heavy atom. The van der Waals surface area contributed by atoms with Gasteiger partial charge in [0.05, 0.1) is 34.0 Å². The van der Waals surface area contributed by atoms with Crippen LogP contribution in [0.1, 0.15) is 16.9 Å². The fourth-order valence-electron chi connectivity index (χ4n) is 2.76. The minimum absolute atomic E-state index is 0.166. The van der Waals surface area contributed by atoms with E-state index in [9.17, 15) is 9.90 Å². The molecule has 0 bridgehead atoms. The largest absolute Gasteiger partial charge is 0.508 e.